The lowest BCUT2D eigenvalue weighted by atomic mass is 10.3. The third kappa shape index (κ3) is 2.90. The van der Waals surface area contributed by atoms with Crippen LogP contribution in [0.1, 0.15) is 6.92 Å². The molecule has 0 amide bonds. The van der Waals surface area contributed by atoms with Gasteiger partial charge in [-0.05, 0) is 19.1 Å². The number of rotatable bonds is 4. The molecule has 74 valence electrons. The van der Waals surface area contributed by atoms with Crippen molar-refractivity contribution in [2.24, 2.45) is 0 Å². The molecule has 1 N–H and O–H groups in total. The molecule has 0 fully saturated rings. The van der Waals surface area contributed by atoms with Gasteiger partial charge in [0.05, 0.1) is 4.92 Å². The Morgan fingerprint density at radius 3 is 2.57 bits per heavy atom. The van der Waals surface area contributed by atoms with E-state index in [0.717, 1.165) is 12.2 Å². The van der Waals surface area contributed by atoms with Crippen LogP contribution >= 0.6 is 0 Å². The number of nitrogens with zero attached hydrogens (tertiary/aromatic N) is 1. The van der Waals surface area contributed by atoms with Crippen LogP contribution in [-0.2, 0) is 0 Å². The van der Waals surface area contributed by atoms with Gasteiger partial charge in [0.1, 0.15) is 0 Å². The monoisotopic (exact) mass is 192 g/mol. The Labute approximate surface area is 82.4 Å². The van der Waals surface area contributed by atoms with E-state index < -0.39 is 4.92 Å². The highest BCUT2D eigenvalue weighted by atomic mass is 16.6. The number of non-ortho nitro benzene ring substituents is 1. The van der Waals surface area contributed by atoms with Gasteiger partial charge < -0.3 is 5.32 Å². The summed E-state index contributed by atoms with van der Waals surface area (Å²) in [7, 11) is 0. The van der Waals surface area contributed by atoms with E-state index in [2.05, 4.69) is 5.32 Å². The Hall–Kier alpha value is -1.84. The molecule has 0 aliphatic heterocycles. The van der Waals surface area contributed by atoms with E-state index in [1.165, 1.54) is 12.1 Å². The van der Waals surface area contributed by atoms with Gasteiger partial charge in [0, 0.05) is 24.4 Å². The standard InChI is InChI=1S/C10H12N2O2/c1-2-3-8-11-9-4-6-10(7-5-9)12(13)14/h2-7,11H,8H2,1H3/b3-2+. The largest absolute Gasteiger partial charge is 0.382 e. The lowest BCUT2D eigenvalue weighted by molar-refractivity contribution is -0.384. The summed E-state index contributed by atoms with van der Waals surface area (Å²) in [6, 6.07) is 6.36. The molecule has 1 rings (SSSR count). The van der Waals surface area contributed by atoms with Gasteiger partial charge in [-0.1, -0.05) is 12.2 Å². The lowest BCUT2D eigenvalue weighted by Crippen LogP contribution is -1.97. The Morgan fingerprint density at radius 2 is 2.07 bits per heavy atom. The molecule has 0 spiro atoms. The van der Waals surface area contributed by atoms with Crippen LogP contribution in [-0.4, -0.2) is 11.5 Å². The molecule has 4 nitrogen and oxygen atoms in total. The zero-order valence-electron chi connectivity index (χ0n) is 7.93. The van der Waals surface area contributed by atoms with Crippen molar-refractivity contribution in [2.45, 2.75) is 6.92 Å². The maximum absolute atomic E-state index is 10.3. The molecule has 0 aliphatic carbocycles. The minimum absolute atomic E-state index is 0.113. The van der Waals surface area contributed by atoms with Crippen LogP contribution in [0.3, 0.4) is 0 Å². The van der Waals surface area contributed by atoms with E-state index in [9.17, 15) is 10.1 Å². The molecular weight excluding hydrogens is 180 g/mol. The average molecular weight is 192 g/mol. The third-order valence-electron chi connectivity index (χ3n) is 1.74. The quantitative estimate of drug-likeness (QED) is 0.453. The molecule has 1 aromatic rings. The Kier molecular flexibility index (Phi) is 3.67. The number of allylic oxidation sites excluding steroid dienone is 1. The van der Waals surface area contributed by atoms with E-state index in [-0.39, 0.29) is 5.69 Å². The van der Waals surface area contributed by atoms with Crippen molar-refractivity contribution < 1.29 is 4.92 Å². The van der Waals surface area contributed by atoms with Crippen LogP contribution in [0.2, 0.25) is 0 Å². The molecule has 0 aliphatic rings. The van der Waals surface area contributed by atoms with Crippen molar-refractivity contribution in [2.75, 3.05) is 11.9 Å². The summed E-state index contributed by atoms with van der Waals surface area (Å²) in [5.41, 5.74) is 0.996. The van der Waals surface area contributed by atoms with Crippen molar-refractivity contribution in [3.05, 3.63) is 46.5 Å². The zero-order valence-corrected chi connectivity index (χ0v) is 7.93. The molecule has 0 bridgehead atoms. The highest BCUT2D eigenvalue weighted by Gasteiger charge is 2.02. The first-order valence-electron chi connectivity index (χ1n) is 4.33. The van der Waals surface area contributed by atoms with Gasteiger partial charge in [0.15, 0.2) is 0 Å². The first kappa shape index (κ1) is 10.2. The zero-order chi connectivity index (χ0) is 10.4. The molecule has 14 heavy (non-hydrogen) atoms. The van der Waals surface area contributed by atoms with Crippen molar-refractivity contribution in [3.63, 3.8) is 0 Å². The highest BCUT2D eigenvalue weighted by molar-refractivity contribution is 5.48. The van der Waals surface area contributed by atoms with Crippen LogP contribution in [0.4, 0.5) is 11.4 Å². The summed E-state index contributed by atoms with van der Waals surface area (Å²) in [5.74, 6) is 0. The van der Waals surface area contributed by atoms with Gasteiger partial charge in [-0.25, -0.2) is 0 Å². The predicted molar refractivity (Wildman–Crippen MR) is 56.4 cm³/mol. The van der Waals surface area contributed by atoms with E-state index in [4.69, 9.17) is 0 Å². The number of nitro benzene ring substituents is 1. The SMILES string of the molecule is C/C=C/CNc1ccc([N+](=O)[O-])cc1. The number of hydrogen-bond donors (Lipinski definition) is 1. The van der Waals surface area contributed by atoms with Crippen molar-refractivity contribution in [3.8, 4) is 0 Å². The van der Waals surface area contributed by atoms with E-state index in [1.54, 1.807) is 12.1 Å². The number of anilines is 1. The summed E-state index contributed by atoms with van der Waals surface area (Å²) < 4.78 is 0. The highest BCUT2D eigenvalue weighted by Crippen LogP contribution is 2.14. The second-order valence-corrected chi connectivity index (χ2v) is 2.75. The average Bonchev–Trinajstić information content (AvgIpc) is 2.19. The second kappa shape index (κ2) is 5.01. The van der Waals surface area contributed by atoms with Crippen molar-refractivity contribution in [1.82, 2.24) is 0 Å². The van der Waals surface area contributed by atoms with Gasteiger partial charge in [-0.3, -0.25) is 10.1 Å². The topological polar surface area (TPSA) is 55.2 Å². The molecule has 0 saturated carbocycles. The van der Waals surface area contributed by atoms with Crippen molar-refractivity contribution >= 4 is 11.4 Å². The first-order valence-corrected chi connectivity index (χ1v) is 4.33. The molecule has 0 radical (unpaired) electrons. The molecule has 0 unspecified atom stereocenters. The van der Waals surface area contributed by atoms with Gasteiger partial charge in [-0.2, -0.15) is 0 Å². The summed E-state index contributed by atoms with van der Waals surface area (Å²) in [5, 5.41) is 13.4. The fraction of sp³-hybridized carbons (Fsp3) is 0.200. The summed E-state index contributed by atoms with van der Waals surface area (Å²) >= 11 is 0. The van der Waals surface area contributed by atoms with Gasteiger partial charge >= 0.3 is 0 Å². The van der Waals surface area contributed by atoms with Crippen LogP contribution in [0, 0.1) is 10.1 Å². The summed E-state index contributed by atoms with van der Waals surface area (Å²) in [6.07, 6.45) is 3.92. The Bertz CT molecular complexity index is 330. The maximum atomic E-state index is 10.3. The number of nitro groups is 1. The van der Waals surface area contributed by atoms with Crippen LogP contribution in [0.25, 0.3) is 0 Å². The molecule has 4 heteroatoms. The molecule has 0 atom stereocenters. The number of benzene rings is 1. The number of hydrogen-bond acceptors (Lipinski definition) is 3. The minimum atomic E-state index is -0.407. The third-order valence-corrected chi connectivity index (χ3v) is 1.74. The molecule has 0 aromatic heterocycles. The lowest BCUT2D eigenvalue weighted by Gasteiger charge is -2.01. The molecular formula is C10H12N2O2. The summed E-state index contributed by atoms with van der Waals surface area (Å²) in [4.78, 5) is 9.94. The van der Waals surface area contributed by atoms with E-state index >= 15 is 0 Å². The molecule has 0 heterocycles. The van der Waals surface area contributed by atoms with E-state index in [1.807, 2.05) is 19.1 Å². The normalized spacial score (nSPS) is 10.4. The predicted octanol–water partition coefficient (Wildman–Crippen LogP) is 2.58. The van der Waals surface area contributed by atoms with Crippen LogP contribution in [0.5, 0.6) is 0 Å². The fourth-order valence-electron chi connectivity index (χ4n) is 0.996. The summed E-state index contributed by atoms with van der Waals surface area (Å²) in [6.45, 7) is 2.67. The number of nitrogens with one attached hydrogen (secondary N) is 1. The van der Waals surface area contributed by atoms with Crippen molar-refractivity contribution in [1.29, 1.82) is 0 Å². The fourth-order valence-corrected chi connectivity index (χ4v) is 0.996. The Morgan fingerprint density at radius 1 is 1.43 bits per heavy atom. The smallest absolute Gasteiger partial charge is 0.269 e. The van der Waals surface area contributed by atoms with Crippen LogP contribution < -0.4 is 5.32 Å². The molecule has 1 aromatic carbocycles. The first-order chi connectivity index (χ1) is 6.74. The second-order valence-electron chi connectivity index (χ2n) is 2.75. The molecule has 0 saturated heterocycles. The van der Waals surface area contributed by atoms with Crippen LogP contribution in [0.15, 0.2) is 36.4 Å². The van der Waals surface area contributed by atoms with Gasteiger partial charge in [-0.15, -0.1) is 0 Å². The van der Waals surface area contributed by atoms with Gasteiger partial charge in [0.2, 0.25) is 0 Å². The maximum Gasteiger partial charge on any atom is 0.269 e. The Balaban J connectivity index is 2.59. The van der Waals surface area contributed by atoms with E-state index in [0.29, 0.717) is 0 Å². The minimum Gasteiger partial charge on any atom is -0.382 e. The van der Waals surface area contributed by atoms with Gasteiger partial charge in [0.25, 0.3) is 5.69 Å².